The summed E-state index contributed by atoms with van der Waals surface area (Å²) in [6.45, 7) is 3.62. The van der Waals surface area contributed by atoms with Crippen molar-refractivity contribution in [3.8, 4) is 0 Å². The molecular weight excluding hydrogens is 302 g/mol. The van der Waals surface area contributed by atoms with Crippen LogP contribution in [0.15, 0.2) is 48.5 Å². The molecule has 0 saturated heterocycles. The topological polar surface area (TPSA) is 70.2 Å². The van der Waals surface area contributed by atoms with Gasteiger partial charge in [0.1, 0.15) is 0 Å². The molecule has 0 aliphatic carbocycles. The van der Waals surface area contributed by atoms with Crippen molar-refractivity contribution in [1.82, 2.24) is 0 Å². The number of urea groups is 1. The maximum absolute atomic E-state index is 12.0. The SMILES string of the molecule is CCCCc1ccc(NC(=O)Nc2ccc(NC(C)=O)cc2)cc1. The molecule has 5 nitrogen and oxygen atoms in total. The molecular formula is C19H23N3O2. The summed E-state index contributed by atoms with van der Waals surface area (Å²) in [5.74, 6) is -0.129. The van der Waals surface area contributed by atoms with Crippen LogP contribution in [0.2, 0.25) is 0 Å². The fraction of sp³-hybridized carbons (Fsp3) is 0.263. The molecule has 3 amide bonds. The Labute approximate surface area is 142 Å². The van der Waals surface area contributed by atoms with Gasteiger partial charge < -0.3 is 16.0 Å². The van der Waals surface area contributed by atoms with E-state index in [9.17, 15) is 9.59 Å². The molecule has 2 rings (SSSR count). The largest absolute Gasteiger partial charge is 0.326 e. The minimum atomic E-state index is -0.302. The molecule has 2 aromatic carbocycles. The third kappa shape index (κ3) is 5.76. The molecule has 126 valence electrons. The van der Waals surface area contributed by atoms with Crippen LogP contribution in [0.3, 0.4) is 0 Å². The van der Waals surface area contributed by atoms with Crippen LogP contribution in [0.4, 0.5) is 21.9 Å². The Morgan fingerprint density at radius 1 is 0.792 bits per heavy atom. The van der Waals surface area contributed by atoms with Crippen LogP contribution >= 0.6 is 0 Å². The second kappa shape index (κ2) is 8.72. The molecule has 0 aliphatic rings. The number of unbranched alkanes of at least 4 members (excludes halogenated alkanes) is 1. The van der Waals surface area contributed by atoms with Crippen molar-refractivity contribution in [1.29, 1.82) is 0 Å². The Balaban J connectivity index is 1.87. The fourth-order valence-corrected chi connectivity index (χ4v) is 2.27. The van der Waals surface area contributed by atoms with E-state index >= 15 is 0 Å². The summed E-state index contributed by atoms with van der Waals surface area (Å²) in [7, 11) is 0. The van der Waals surface area contributed by atoms with Gasteiger partial charge >= 0.3 is 6.03 Å². The predicted octanol–water partition coefficient (Wildman–Crippen LogP) is 4.63. The molecule has 0 unspecified atom stereocenters. The van der Waals surface area contributed by atoms with Crippen molar-refractivity contribution in [2.45, 2.75) is 33.1 Å². The van der Waals surface area contributed by atoms with E-state index in [1.165, 1.54) is 25.3 Å². The number of anilines is 3. The zero-order chi connectivity index (χ0) is 17.4. The second-order valence-corrected chi connectivity index (χ2v) is 5.64. The van der Waals surface area contributed by atoms with Crippen LogP contribution in [0.1, 0.15) is 32.3 Å². The molecule has 2 aromatic rings. The third-order valence-electron chi connectivity index (χ3n) is 3.49. The molecule has 0 aromatic heterocycles. The lowest BCUT2D eigenvalue weighted by Gasteiger charge is -2.09. The number of rotatable bonds is 6. The van der Waals surface area contributed by atoms with Gasteiger partial charge in [0, 0.05) is 24.0 Å². The van der Waals surface area contributed by atoms with E-state index in [1.807, 2.05) is 24.3 Å². The maximum Gasteiger partial charge on any atom is 0.323 e. The van der Waals surface area contributed by atoms with E-state index in [0.717, 1.165) is 12.1 Å². The molecule has 0 bridgehead atoms. The van der Waals surface area contributed by atoms with E-state index in [0.29, 0.717) is 11.4 Å². The zero-order valence-electron chi connectivity index (χ0n) is 14.1. The molecule has 0 fully saturated rings. The van der Waals surface area contributed by atoms with Crippen LogP contribution in [0.25, 0.3) is 0 Å². The lowest BCUT2D eigenvalue weighted by Crippen LogP contribution is -2.19. The van der Waals surface area contributed by atoms with Gasteiger partial charge in [-0.2, -0.15) is 0 Å². The highest BCUT2D eigenvalue weighted by molar-refractivity contribution is 6.00. The van der Waals surface area contributed by atoms with Gasteiger partial charge in [0.25, 0.3) is 0 Å². The van der Waals surface area contributed by atoms with Gasteiger partial charge in [-0.05, 0) is 54.8 Å². The average Bonchev–Trinajstić information content (AvgIpc) is 2.55. The molecule has 5 heteroatoms. The van der Waals surface area contributed by atoms with Gasteiger partial charge in [-0.1, -0.05) is 25.5 Å². The Morgan fingerprint density at radius 2 is 1.25 bits per heavy atom. The Hall–Kier alpha value is -2.82. The monoisotopic (exact) mass is 325 g/mol. The first-order valence-corrected chi connectivity index (χ1v) is 8.11. The smallest absolute Gasteiger partial charge is 0.323 e. The average molecular weight is 325 g/mol. The van der Waals surface area contributed by atoms with Crippen molar-refractivity contribution in [3.05, 3.63) is 54.1 Å². The molecule has 0 radical (unpaired) electrons. The number of nitrogens with one attached hydrogen (secondary N) is 3. The highest BCUT2D eigenvalue weighted by Crippen LogP contribution is 2.15. The molecule has 0 heterocycles. The summed E-state index contributed by atoms with van der Waals surface area (Å²) in [4.78, 5) is 23.0. The van der Waals surface area contributed by atoms with Gasteiger partial charge in [0.15, 0.2) is 0 Å². The van der Waals surface area contributed by atoms with E-state index in [1.54, 1.807) is 24.3 Å². The molecule has 0 atom stereocenters. The molecule has 24 heavy (non-hydrogen) atoms. The highest BCUT2D eigenvalue weighted by Gasteiger charge is 2.03. The highest BCUT2D eigenvalue weighted by atomic mass is 16.2. The summed E-state index contributed by atoms with van der Waals surface area (Å²) in [5.41, 5.74) is 3.37. The number of amides is 3. The number of benzene rings is 2. The minimum absolute atomic E-state index is 0.129. The Kier molecular flexibility index (Phi) is 6.37. The van der Waals surface area contributed by atoms with Gasteiger partial charge in [-0.25, -0.2) is 4.79 Å². The molecule has 0 aliphatic heterocycles. The second-order valence-electron chi connectivity index (χ2n) is 5.64. The number of hydrogen-bond acceptors (Lipinski definition) is 2. The number of carbonyl (C=O) groups excluding carboxylic acids is 2. The van der Waals surface area contributed by atoms with Gasteiger partial charge in [0.2, 0.25) is 5.91 Å². The summed E-state index contributed by atoms with van der Waals surface area (Å²) >= 11 is 0. The Bertz CT molecular complexity index is 679. The van der Waals surface area contributed by atoms with Crippen LogP contribution in [-0.2, 0) is 11.2 Å². The first-order valence-electron chi connectivity index (χ1n) is 8.11. The summed E-state index contributed by atoms with van der Waals surface area (Å²) in [6, 6.07) is 14.5. The summed E-state index contributed by atoms with van der Waals surface area (Å²) in [5, 5.41) is 8.24. The van der Waals surface area contributed by atoms with Crippen LogP contribution in [0.5, 0.6) is 0 Å². The zero-order valence-corrected chi connectivity index (χ0v) is 14.1. The lowest BCUT2D eigenvalue weighted by molar-refractivity contribution is -0.114. The maximum atomic E-state index is 12.0. The van der Waals surface area contributed by atoms with E-state index in [4.69, 9.17) is 0 Å². The minimum Gasteiger partial charge on any atom is -0.326 e. The number of aryl methyl sites for hydroxylation is 1. The standard InChI is InChI=1S/C19H23N3O2/c1-3-4-5-15-6-8-17(9-7-15)21-19(24)22-18-12-10-16(11-13-18)20-14(2)23/h6-13H,3-5H2,1-2H3,(H,20,23)(H2,21,22,24). The number of carbonyl (C=O) groups is 2. The third-order valence-corrected chi connectivity index (χ3v) is 3.49. The first kappa shape index (κ1) is 17.5. The van der Waals surface area contributed by atoms with E-state index in [2.05, 4.69) is 22.9 Å². The van der Waals surface area contributed by atoms with Crippen LogP contribution in [0, 0.1) is 0 Å². The van der Waals surface area contributed by atoms with Crippen molar-refractivity contribution in [3.63, 3.8) is 0 Å². The lowest BCUT2D eigenvalue weighted by atomic mass is 10.1. The quantitative estimate of drug-likeness (QED) is 0.724. The number of hydrogen-bond donors (Lipinski definition) is 3. The van der Waals surface area contributed by atoms with Crippen molar-refractivity contribution in [2.24, 2.45) is 0 Å². The van der Waals surface area contributed by atoms with E-state index < -0.39 is 0 Å². The normalized spacial score (nSPS) is 10.1. The predicted molar refractivity (Wildman–Crippen MR) is 98.4 cm³/mol. The van der Waals surface area contributed by atoms with Crippen LogP contribution in [-0.4, -0.2) is 11.9 Å². The van der Waals surface area contributed by atoms with Crippen molar-refractivity contribution >= 4 is 29.0 Å². The van der Waals surface area contributed by atoms with Crippen molar-refractivity contribution in [2.75, 3.05) is 16.0 Å². The molecule has 0 saturated carbocycles. The fourth-order valence-electron chi connectivity index (χ4n) is 2.27. The molecule has 3 N–H and O–H groups in total. The van der Waals surface area contributed by atoms with Crippen molar-refractivity contribution < 1.29 is 9.59 Å². The van der Waals surface area contributed by atoms with Gasteiger partial charge in [-0.3, -0.25) is 4.79 Å². The summed E-state index contributed by atoms with van der Waals surface area (Å²) < 4.78 is 0. The van der Waals surface area contributed by atoms with Crippen LogP contribution < -0.4 is 16.0 Å². The van der Waals surface area contributed by atoms with Gasteiger partial charge in [0.05, 0.1) is 0 Å². The molecule has 0 spiro atoms. The van der Waals surface area contributed by atoms with Gasteiger partial charge in [-0.15, -0.1) is 0 Å². The summed E-state index contributed by atoms with van der Waals surface area (Å²) in [6.07, 6.45) is 3.40. The first-order chi connectivity index (χ1) is 11.6. The Morgan fingerprint density at radius 3 is 1.71 bits per heavy atom. The van der Waals surface area contributed by atoms with E-state index in [-0.39, 0.29) is 11.9 Å².